The fourth-order valence-electron chi connectivity index (χ4n) is 0.518. The molecule has 0 radical (unpaired) electrons. The smallest absolute Gasteiger partial charge is 0.376 e. The molecule has 0 fully saturated rings. The predicted octanol–water partition coefficient (Wildman–Crippen LogP) is -1.26. The van der Waals surface area contributed by atoms with Crippen molar-refractivity contribution in [2.75, 3.05) is 0 Å². The van der Waals surface area contributed by atoms with Gasteiger partial charge >= 0.3 is 51.4 Å². The van der Waals surface area contributed by atoms with E-state index in [1.165, 1.54) is 24.3 Å². The van der Waals surface area contributed by atoms with E-state index in [2.05, 4.69) is 0 Å². The second-order valence-electron chi connectivity index (χ2n) is 1.61. The van der Waals surface area contributed by atoms with Gasteiger partial charge in [-0.05, 0) is 0 Å². The molecule has 1 aromatic carbocycles. The van der Waals surface area contributed by atoms with Gasteiger partial charge in [-0.15, -0.1) is 0 Å². The van der Waals surface area contributed by atoms with E-state index < -0.39 is 0 Å². The zero-order valence-electron chi connectivity index (χ0n) is 6.60. The standard InChI is InChI=1S/C7H4FO.CH3.K/c8-7-3-1-6(5-9)2-4-7;;/h1-4H;1H3;/q2*-1;+1. The molecule has 0 aliphatic rings. The minimum absolute atomic E-state index is 0. The van der Waals surface area contributed by atoms with E-state index >= 15 is 0 Å². The average molecular weight is 177 g/mol. The summed E-state index contributed by atoms with van der Waals surface area (Å²) in [6.45, 7) is 0. The third-order valence-electron chi connectivity index (χ3n) is 0.962. The summed E-state index contributed by atoms with van der Waals surface area (Å²) in [5.74, 6) is -0.339. The minimum atomic E-state index is -0.339. The normalized spacial score (nSPS) is 7.36. The number of halogens is 1. The van der Waals surface area contributed by atoms with Crippen LogP contribution in [0.4, 0.5) is 4.39 Å². The Hall–Kier alpha value is 0.456. The first kappa shape index (κ1) is 14.0. The molecule has 0 aliphatic carbocycles. The fourth-order valence-corrected chi connectivity index (χ4v) is 0.518. The Morgan fingerprint density at radius 3 is 2.00 bits per heavy atom. The molecular formula is C8H7FKO-. The van der Waals surface area contributed by atoms with E-state index in [9.17, 15) is 9.18 Å². The van der Waals surface area contributed by atoms with E-state index in [0.717, 1.165) is 0 Å². The third kappa shape index (κ3) is 4.82. The summed E-state index contributed by atoms with van der Waals surface area (Å²) in [5.41, 5.74) is 0.372. The van der Waals surface area contributed by atoms with Gasteiger partial charge in [0.2, 0.25) is 0 Å². The van der Waals surface area contributed by atoms with Crippen LogP contribution in [0.25, 0.3) is 0 Å². The van der Waals surface area contributed by atoms with Crippen LogP contribution in [0, 0.1) is 13.2 Å². The molecule has 1 aromatic rings. The summed E-state index contributed by atoms with van der Waals surface area (Å²) in [6, 6.07) is 5.20. The second kappa shape index (κ2) is 7.12. The number of hydrogen-bond donors (Lipinski definition) is 0. The molecule has 0 saturated carbocycles. The summed E-state index contributed by atoms with van der Waals surface area (Å²) >= 11 is 0. The van der Waals surface area contributed by atoms with Crippen LogP contribution >= 0.6 is 0 Å². The summed E-state index contributed by atoms with van der Waals surface area (Å²) < 4.78 is 12.1. The van der Waals surface area contributed by atoms with Crippen LogP contribution in [0.3, 0.4) is 0 Å². The summed E-state index contributed by atoms with van der Waals surface area (Å²) in [7, 11) is 0. The van der Waals surface area contributed by atoms with E-state index in [1.54, 1.807) is 6.29 Å². The SMILES string of the molecule is O=[C-]c1ccc(F)cc1.[CH3-].[K+]. The molecule has 0 atom stereocenters. The van der Waals surface area contributed by atoms with Crippen molar-refractivity contribution in [3.63, 3.8) is 0 Å². The number of rotatable bonds is 1. The van der Waals surface area contributed by atoms with Crippen LogP contribution in [0.2, 0.25) is 0 Å². The molecule has 0 aliphatic heterocycles. The first-order valence-electron chi connectivity index (χ1n) is 2.46. The maximum absolute atomic E-state index is 12.1. The van der Waals surface area contributed by atoms with Gasteiger partial charge in [0.1, 0.15) is 0 Å². The van der Waals surface area contributed by atoms with Crippen LogP contribution in [0.15, 0.2) is 24.3 Å². The Kier molecular flexibility index (Phi) is 9.07. The van der Waals surface area contributed by atoms with Crippen molar-refractivity contribution >= 4 is 6.29 Å². The summed E-state index contributed by atoms with van der Waals surface area (Å²) in [4.78, 5) is 9.87. The molecule has 54 valence electrons. The van der Waals surface area contributed by atoms with E-state index in [-0.39, 0.29) is 64.6 Å². The van der Waals surface area contributed by atoms with Gasteiger partial charge in [-0.3, -0.25) is 0 Å². The Balaban J connectivity index is 0. The van der Waals surface area contributed by atoms with Gasteiger partial charge in [0.15, 0.2) is 0 Å². The Morgan fingerprint density at radius 2 is 1.64 bits per heavy atom. The Morgan fingerprint density at radius 1 is 1.18 bits per heavy atom. The van der Waals surface area contributed by atoms with Gasteiger partial charge in [-0.1, -0.05) is 12.1 Å². The Labute approximate surface area is 108 Å². The van der Waals surface area contributed by atoms with E-state index in [0.29, 0.717) is 5.56 Å². The largest absolute Gasteiger partial charge is 1.00 e. The van der Waals surface area contributed by atoms with Crippen LogP contribution in [-0.2, 0) is 4.79 Å². The van der Waals surface area contributed by atoms with E-state index in [4.69, 9.17) is 0 Å². The maximum atomic E-state index is 12.1. The van der Waals surface area contributed by atoms with Gasteiger partial charge in [0.25, 0.3) is 0 Å². The van der Waals surface area contributed by atoms with Crippen molar-refractivity contribution in [3.05, 3.63) is 43.1 Å². The Bertz CT molecular complexity index is 208. The third-order valence-corrected chi connectivity index (χ3v) is 0.962. The van der Waals surface area contributed by atoms with Crippen molar-refractivity contribution in [1.82, 2.24) is 0 Å². The van der Waals surface area contributed by atoms with Crippen LogP contribution in [0.1, 0.15) is 5.56 Å². The van der Waals surface area contributed by atoms with Crippen LogP contribution < -0.4 is 51.4 Å². The van der Waals surface area contributed by atoms with Gasteiger partial charge in [0.05, 0.1) is 12.1 Å². The summed E-state index contributed by atoms with van der Waals surface area (Å²) in [5, 5.41) is 0. The van der Waals surface area contributed by atoms with Crippen molar-refractivity contribution in [2.45, 2.75) is 0 Å². The predicted molar refractivity (Wildman–Crippen MR) is 37.6 cm³/mol. The second-order valence-corrected chi connectivity index (χ2v) is 1.61. The van der Waals surface area contributed by atoms with Crippen molar-refractivity contribution in [1.29, 1.82) is 0 Å². The summed E-state index contributed by atoms with van der Waals surface area (Å²) in [6.07, 6.45) is 1.64. The first-order chi connectivity index (χ1) is 4.33. The molecular weight excluding hydrogens is 170 g/mol. The zero-order valence-corrected chi connectivity index (χ0v) is 9.72. The first-order valence-corrected chi connectivity index (χ1v) is 2.46. The molecule has 3 heteroatoms. The van der Waals surface area contributed by atoms with Crippen molar-refractivity contribution in [2.24, 2.45) is 0 Å². The monoisotopic (exact) mass is 177 g/mol. The number of carbonyl (C=O) groups excluding carboxylic acids is 1. The molecule has 0 N–H and O–H groups in total. The van der Waals surface area contributed by atoms with Gasteiger partial charge in [-0.2, -0.15) is 17.7 Å². The molecule has 1 nitrogen and oxygen atoms in total. The number of hydrogen-bond acceptors (Lipinski definition) is 1. The van der Waals surface area contributed by atoms with E-state index in [1.807, 2.05) is 0 Å². The molecule has 0 saturated heterocycles. The number of benzene rings is 1. The quantitative estimate of drug-likeness (QED) is 0.386. The molecule has 0 aromatic heterocycles. The molecule has 0 unspecified atom stereocenters. The van der Waals surface area contributed by atoms with Crippen LogP contribution in [0.5, 0.6) is 0 Å². The minimum Gasteiger partial charge on any atom is -0.376 e. The fraction of sp³-hybridized carbons (Fsp3) is 0. The topological polar surface area (TPSA) is 17.1 Å². The molecule has 0 bridgehead atoms. The molecule has 1 rings (SSSR count). The van der Waals surface area contributed by atoms with Gasteiger partial charge < -0.3 is 12.2 Å². The van der Waals surface area contributed by atoms with Crippen molar-refractivity contribution in [3.8, 4) is 0 Å². The molecule has 0 spiro atoms. The van der Waals surface area contributed by atoms with Gasteiger partial charge in [0, 0.05) is 0 Å². The zero-order chi connectivity index (χ0) is 6.69. The van der Waals surface area contributed by atoms with Crippen molar-refractivity contribution < 1.29 is 60.6 Å². The molecule has 0 heterocycles. The molecule has 11 heavy (non-hydrogen) atoms. The maximum Gasteiger partial charge on any atom is 1.00 e. The van der Waals surface area contributed by atoms with Gasteiger partial charge in [-0.25, -0.2) is 4.39 Å². The molecule has 0 amide bonds. The van der Waals surface area contributed by atoms with Crippen LogP contribution in [-0.4, -0.2) is 6.29 Å². The average Bonchev–Trinajstić information content (AvgIpc) is 1.90.